The van der Waals surface area contributed by atoms with Gasteiger partial charge in [-0.05, 0) is 54.0 Å². The van der Waals surface area contributed by atoms with Crippen molar-refractivity contribution < 1.29 is 14.0 Å². The van der Waals surface area contributed by atoms with Crippen molar-refractivity contribution >= 4 is 29.1 Å². The van der Waals surface area contributed by atoms with E-state index in [1.54, 1.807) is 12.1 Å². The molecule has 3 rings (SSSR count). The van der Waals surface area contributed by atoms with Crippen LogP contribution in [0.1, 0.15) is 29.2 Å². The van der Waals surface area contributed by atoms with E-state index in [2.05, 4.69) is 0 Å². The summed E-state index contributed by atoms with van der Waals surface area (Å²) >= 11 is 1.39. The quantitative estimate of drug-likeness (QED) is 0.730. The van der Waals surface area contributed by atoms with E-state index in [-0.39, 0.29) is 24.2 Å². The van der Waals surface area contributed by atoms with E-state index >= 15 is 0 Å². The van der Waals surface area contributed by atoms with Crippen LogP contribution in [-0.2, 0) is 16.1 Å². The Kier molecular flexibility index (Phi) is 5.28. The third-order valence-corrected chi connectivity index (χ3v) is 5.42. The van der Waals surface area contributed by atoms with E-state index in [1.807, 2.05) is 39.0 Å². The number of nitrogens with zero attached hydrogens (tertiary/aromatic N) is 1. The van der Waals surface area contributed by atoms with Gasteiger partial charge in [0.15, 0.2) is 0 Å². The molecule has 2 aromatic rings. The molecular formula is C21H20FNO2S. The zero-order chi connectivity index (χ0) is 18.8. The van der Waals surface area contributed by atoms with Crippen LogP contribution >= 0.6 is 11.8 Å². The standard InChI is InChI=1S/C21H20FNO2S/c1-4-26-19-18(16-8-5-13(2)14(3)11-16)20(24)23(21(19)25)12-15-6-9-17(22)10-7-15/h5-11H,4,12H2,1-3H3. The van der Waals surface area contributed by atoms with Gasteiger partial charge in [-0.15, -0.1) is 11.8 Å². The van der Waals surface area contributed by atoms with Gasteiger partial charge in [0.2, 0.25) is 0 Å². The number of hydrogen-bond acceptors (Lipinski definition) is 3. The van der Waals surface area contributed by atoms with E-state index < -0.39 is 0 Å². The van der Waals surface area contributed by atoms with E-state index in [9.17, 15) is 14.0 Å². The number of benzene rings is 2. The summed E-state index contributed by atoms with van der Waals surface area (Å²) in [6.07, 6.45) is 0. The van der Waals surface area contributed by atoms with Crippen LogP contribution in [0, 0.1) is 19.7 Å². The van der Waals surface area contributed by atoms with Gasteiger partial charge in [-0.3, -0.25) is 14.5 Å². The van der Waals surface area contributed by atoms with Gasteiger partial charge in [0.25, 0.3) is 11.8 Å². The molecule has 0 unspecified atom stereocenters. The number of thioether (sulfide) groups is 1. The lowest BCUT2D eigenvalue weighted by Crippen LogP contribution is -2.30. The van der Waals surface area contributed by atoms with Crippen LogP contribution in [0.15, 0.2) is 47.4 Å². The third kappa shape index (κ3) is 3.44. The number of halogens is 1. The number of amides is 2. The van der Waals surface area contributed by atoms with Crippen molar-refractivity contribution in [1.29, 1.82) is 0 Å². The van der Waals surface area contributed by atoms with Crippen LogP contribution in [0.3, 0.4) is 0 Å². The fourth-order valence-corrected chi connectivity index (χ4v) is 3.77. The maximum Gasteiger partial charge on any atom is 0.268 e. The van der Waals surface area contributed by atoms with Gasteiger partial charge in [0.05, 0.1) is 17.0 Å². The predicted octanol–water partition coefficient (Wildman–Crippen LogP) is 4.48. The van der Waals surface area contributed by atoms with Crippen molar-refractivity contribution in [3.8, 4) is 0 Å². The minimum Gasteiger partial charge on any atom is -0.269 e. The lowest BCUT2D eigenvalue weighted by atomic mass is 10.0. The lowest BCUT2D eigenvalue weighted by molar-refractivity contribution is -0.137. The van der Waals surface area contributed by atoms with Crippen molar-refractivity contribution in [3.05, 3.63) is 75.4 Å². The molecule has 0 fully saturated rings. The summed E-state index contributed by atoms with van der Waals surface area (Å²) in [7, 11) is 0. The smallest absolute Gasteiger partial charge is 0.268 e. The van der Waals surface area contributed by atoms with E-state index in [4.69, 9.17) is 0 Å². The number of rotatable bonds is 5. The van der Waals surface area contributed by atoms with Gasteiger partial charge in [-0.2, -0.15) is 0 Å². The Morgan fingerprint density at radius 3 is 2.27 bits per heavy atom. The summed E-state index contributed by atoms with van der Waals surface area (Å²) in [5, 5.41) is 0. The molecule has 0 radical (unpaired) electrons. The second-order valence-electron chi connectivity index (χ2n) is 6.26. The van der Waals surface area contributed by atoms with Crippen LogP contribution in [0.2, 0.25) is 0 Å². The van der Waals surface area contributed by atoms with Crippen LogP contribution in [0.25, 0.3) is 5.57 Å². The highest BCUT2D eigenvalue weighted by Gasteiger charge is 2.38. The van der Waals surface area contributed by atoms with Gasteiger partial charge in [0.1, 0.15) is 5.82 Å². The first kappa shape index (κ1) is 18.4. The highest BCUT2D eigenvalue weighted by Crippen LogP contribution is 2.37. The predicted molar refractivity (Wildman–Crippen MR) is 103 cm³/mol. The van der Waals surface area contributed by atoms with Crippen LogP contribution in [0.4, 0.5) is 4.39 Å². The molecular weight excluding hydrogens is 349 g/mol. The van der Waals surface area contributed by atoms with E-state index in [1.165, 1.54) is 28.8 Å². The average molecular weight is 369 g/mol. The van der Waals surface area contributed by atoms with Gasteiger partial charge in [-0.1, -0.05) is 37.3 Å². The molecule has 26 heavy (non-hydrogen) atoms. The SMILES string of the molecule is CCSC1=C(c2ccc(C)c(C)c2)C(=O)N(Cc2ccc(F)cc2)C1=O. The minimum absolute atomic E-state index is 0.139. The molecule has 0 bridgehead atoms. The second kappa shape index (κ2) is 7.46. The molecule has 0 spiro atoms. The van der Waals surface area contributed by atoms with E-state index in [0.29, 0.717) is 16.2 Å². The highest BCUT2D eigenvalue weighted by atomic mass is 32.2. The zero-order valence-electron chi connectivity index (χ0n) is 15.0. The summed E-state index contributed by atoms with van der Waals surface area (Å²) in [5.41, 5.74) is 4.17. The molecule has 0 N–H and O–H groups in total. The van der Waals surface area contributed by atoms with Crippen molar-refractivity contribution in [3.63, 3.8) is 0 Å². The third-order valence-electron chi connectivity index (χ3n) is 4.46. The molecule has 0 saturated heterocycles. The Hall–Kier alpha value is -2.40. The Bertz CT molecular complexity index is 903. The molecule has 2 amide bonds. The van der Waals surface area contributed by atoms with Gasteiger partial charge in [-0.25, -0.2) is 4.39 Å². The second-order valence-corrected chi connectivity index (χ2v) is 7.53. The number of aryl methyl sites for hydroxylation is 2. The maximum atomic E-state index is 13.1. The minimum atomic E-state index is -0.344. The highest BCUT2D eigenvalue weighted by molar-refractivity contribution is 8.04. The Morgan fingerprint density at radius 2 is 1.65 bits per heavy atom. The Labute approximate surface area is 156 Å². The summed E-state index contributed by atoms with van der Waals surface area (Å²) < 4.78 is 13.1. The zero-order valence-corrected chi connectivity index (χ0v) is 15.8. The van der Waals surface area contributed by atoms with Crippen LogP contribution < -0.4 is 0 Å². The number of carbonyl (C=O) groups excluding carboxylic acids is 2. The summed E-state index contributed by atoms with van der Waals surface area (Å²) in [5.74, 6) is -0.213. The fourth-order valence-electron chi connectivity index (χ4n) is 2.90. The molecule has 0 saturated carbocycles. The average Bonchev–Trinajstić information content (AvgIpc) is 2.84. The molecule has 2 aromatic carbocycles. The first-order valence-electron chi connectivity index (χ1n) is 8.47. The van der Waals surface area contributed by atoms with Crippen LogP contribution in [0.5, 0.6) is 0 Å². The molecule has 0 aliphatic carbocycles. The van der Waals surface area contributed by atoms with Crippen molar-refractivity contribution in [2.24, 2.45) is 0 Å². The molecule has 3 nitrogen and oxygen atoms in total. The van der Waals surface area contributed by atoms with Crippen molar-refractivity contribution in [1.82, 2.24) is 4.90 Å². The van der Waals surface area contributed by atoms with Gasteiger partial charge in [0, 0.05) is 0 Å². The molecule has 134 valence electrons. The Balaban J connectivity index is 1.98. The summed E-state index contributed by atoms with van der Waals surface area (Å²) in [6, 6.07) is 11.7. The number of hydrogen-bond donors (Lipinski definition) is 0. The topological polar surface area (TPSA) is 37.4 Å². The fraction of sp³-hybridized carbons (Fsp3) is 0.238. The molecule has 1 heterocycles. The van der Waals surface area contributed by atoms with Crippen molar-refractivity contribution in [2.45, 2.75) is 27.3 Å². The Morgan fingerprint density at radius 1 is 0.962 bits per heavy atom. The molecule has 0 atom stereocenters. The largest absolute Gasteiger partial charge is 0.269 e. The lowest BCUT2D eigenvalue weighted by Gasteiger charge is -2.15. The molecule has 5 heteroatoms. The summed E-state index contributed by atoms with van der Waals surface area (Å²) in [4.78, 5) is 27.6. The number of imide groups is 1. The molecule has 0 aromatic heterocycles. The van der Waals surface area contributed by atoms with Gasteiger partial charge < -0.3 is 0 Å². The first-order valence-corrected chi connectivity index (χ1v) is 9.46. The van der Waals surface area contributed by atoms with Crippen molar-refractivity contribution in [2.75, 3.05) is 5.75 Å². The molecule has 1 aliphatic heterocycles. The maximum absolute atomic E-state index is 13.1. The monoisotopic (exact) mass is 369 g/mol. The normalized spacial score (nSPS) is 14.5. The first-order chi connectivity index (χ1) is 12.4. The van der Waals surface area contributed by atoms with Gasteiger partial charge >= 0.3 is 0 Å². The van der Waals surface area contributed by atoms with E-state index in [0.717, 1.165) is 22.3 Å². The number of carbonyl (C=O) groups is 2. The molecule has 1 aliphatic rings. The van der Waals surface area contributed by atoms with Crippen LogP contribution in [-0.4, -0.2) is 22.5 Å². The summed E-state index contributed by atoms with van der Waals surface area (Å²) in [6.45, 7) is 6.09.